The molecule has 0 aliphatic heterocycles. The highest BCUT2D eigenvalue weighted by molar-refractivity contribution is 5.86. The zero-order chi connectivity index (χ0) is 12.4. The van der Waals surface area contributed by atoms with Crippen molar-refractivity contribution in [1.29, 1.82) is 0 Å². The van der Waals surface area contributed by atoms with Crippen LogP contribution in [0, 0.1) is 5.41 Å². The minimum atomic E-state index is -0.576. The van der Waals surface area contributed by atoms with Gasteiger partial charge in [-0.2, -0.15) is 0 Å². The van der Waals surface area contributed by atoms with Gasteiger partial charge in [0.15, 0.2) is 0 Å². The fourth-order valence-corrected chi connectivity index (χ4v) is 3.28. The van der Waals surface area contributed by atoms with Crippen LogP contribution in [0.15, 0.2) is 0 Å². The Labute approximate surface area is 117 Å². The summed E-state index contributed by atoms with van der Waals surface area (Å²) in [4.78, 5) is 12.2. The lowest BCUT2D eigenvalue weighted by molar-refractivity contribution is -0.128. The summed E-state index contributed by atoms with van der Waals surface area (Å²) in [6, 6.07) is 0. The van der Waals surface area contributed by atoms with Crippen LogP contribution in [-0.4, -0.2) is 18.0 Å². The Kier molecular flexibility index (Phi) is 5.47. The normalized spacial score (nSPS) is 25.2. The molecule has 0 aromatic heterocycles. The Balaban J connectivity index is 0.00000162. The Morgan fingerprint density at radius 3 is 2.11 bits per heavy atom. The molecular formula is C14H27ClN2O. The van der Waals surface area contributed by atoms with E-state index in [-0.39, 0.29) is 18.3 Å². The van der Waals surface area contributed by atoms with Gasteiger partial charge in [0.25, 0.3) is 0 Å². The van der Waals surface area contributed by atoms with Gasteiger partial charge in [-0.05, 0) is 31.1 Å². The molecule has 0 spiro atoms. The van der Waals surface area contributed by atoms with Crippen molar-refractivity contribution in [2.45, 2.75) is 70.3 Å². The first-order chi connectivity index (χ1) is 8.04. The smallest absolute Gasteiger partial charge is 0.240 e. The van der Waals surface area contributed by atoms with E-state index in [2.05, 4.69) is 12.2 Å². The third-order valence-electron chi connectivity index (χ3n) is 4.68. The van der Waals surface area contributed by atoms with Crippen LogP contribution in [0.1, 0.15) is 64.7 Å². The summed E-state index contributed by atoms with van der Waals surface area (Å²) < 4.78 is 0. The minimum Gasteiger partial charge on any atom is -0.354 e. The molecule has 2 rings (SSSR count). The van der Waals surface area contributed by atoms with E-state index in [1.54, 1.807) is 0 Å². The number of carbonyl (C=O) groups excluding carboxylic acids is 1. The zero-order valence-electron chi connectivity index (χ0n) is 11.5. The maximum atomic E-state index is 12.2. The van der Waals surface area contributed by atoms with Crippen LogP contribution >= 0.6 is 12.4 Å². The van der Waals surface area contributed by atoms with Crippen molar-refractivity contribution < 1.29 is 4.79 Å². The number of amides is 1. The molecule has 0 radical (unpaired) electrons. The number of halogens is 1. The fourth-order valence-electron chi connectivity index (χ4n) is 3.28. The van der Waals surface area contributed by atoms with E-state index < -0.39 is 5.54 Å². The Hall–Kier alpha value is -0.280. The highest BCUT2D eigenvalue weighted by atomic mass is 35.5. The van der Waals surface area contributed by atoms with Crippen LogP contribution in [-0.2, 0) is 4.79 Å². The van der Waals surface area contributed by atoms with E-state index in [0.29, 0.717) is 5.41 Å². The van der Waals surface area contributed by atoms with Crippen molar-refractivity contribution in [2.75, 3.05) is 6.54 Å². The van der Waals surface area contributed by atoms with Gasteiger partial charge < -0.3 is 11.1 Å². The van der Waals surface area contributed by atoms with E-state index in [1.165, 1.54) is 32.1 Å². The van der Waals surface area contributed by atoms with Gasteiger partial charge in [-0.15, -0.1) is 12.4 Å². The molecule has 0 bridgehead atoms. The first-order valence-corrected chi connectivity index (χ1v) is 7.11. The van der Waals surface area contributed by atoms with Gasteiger partial charge in [0.2, 0.25) is 5.91 Å². The molecule has 2 aliphatic carbocycles. The highest BCUT2D eigenvalue weighted by Gasteiger charge is 2.37. The van der Waals surface area contributed by atoms with E-state index >= 15 is 0 Å². The molecule has 3 nitrogen and oxygen atoms in total. The summed E-state index contributed by atoms with van der Waals surface area (Å²) in [5.41, 5.74) is 5.96. The molecule has 2 saturated carbocycles. The molecule has 0 aromatic carbocycles. The number of hydrogen-bond donors (Lipinski definition) is 2. The monoisotopic (exact) mass is 274 g/mol. The molecule has 0 atom stereocenters. The van der Waals surface area contributed by atoms with Crippen molar-refractivity contribution in [2.24, 2.45) is 11.1 Å². The number of rotatable bonds is 3. The average molecular weight is 275 g/mol. The van der Waals surface area contributed by atoms with Crippen LogP contribution in [0.2, 0.25) is 0 Å². The molecule has 3 N–H and O–H groups in total. The van der Waals surface area contributed by atoms with E-state index in [0.717, 1.165) is 32.2 Å². The standard InChI is InChI=1S/C14H26N2O.ClH/c1-13(7-5-6-8-13)11-16-12(17)14(15)9-3-2-4-10-14;/h2-11,15H2,1H3,(H,16,17);1H. The molecule has 2 aliphatic rings. The molecule has 18 heavy (non-hydrogen) atoms. The van der Waals surface area contributed by atoms with Crippen molar-refractivity contribution in [3.63, 3.8) is 0 Å². The molecule has 2 fully saturated rings. The third-order valence-corrected chi connectivity index (χ3v) is 4.68. The van der Waals surface area contributed by atoms with Gasteiger partial charge in [-0.3, -0.25) is 4.79 Å². The number of nitrogens with two attached hydrogens (primary N) is 1. The second-order valence-corrected chi connectivity index (χ2v) is 6.42. The predicted octanol–water partition coefficient (Wildman–Crippen LogP) is 2.77. The van der Waals surface area contributed by atoms with Gasteiger partial charge >= 0.3 is 0 Å². The SMILES string of the molecule is CC1(CNC(=O)C2(N)CCCCC2)CCCC1.Cl. The average Bonchev–Trinajstić information content (AvgIpc) is 2.75. The van der Waals surface area contributed by atoms with E-state index in [1.807, 2.05) is 0 Å². The summed E-state index contributed by atoms with van der Waals surface area (Å²) in [5.74, 6) is 0.0883. The Morgan fingerprint density at radius 1 is 1.06 bits per heavy atom. The topological polar surface area (TPSA) is 55.1 Å². The predicted molar refractivity (Wildman–Crippen MR) is 76.8 cm³/mol. The minimum absolute atomic E-state index is 0. The summed E-state index contributed by atoms with van der Waals surface area (Å²) in [7, 11) is 0. The highest BCUT2D eigenvalue weighted by Crippen LogP contribution is 2.37. The second-order valence-electron chi connectivity index (χ2n) is 6.42. The third kappa shape index (κ3) is 3.61. The van der Waals surface area contributed by atoms with Crippen LogP contribution in [0.4, 0.5) is 0 Å². The van der Waals surface area contributed by atoms with Crippen LogP contribution < -0.4 is 11.1 Å². The number of carbonyl (C=O) groups is 1. The lowest BCUT2D eigenvalue weighted by Gasteiger charge is -2.33. The first-order valence-electron chi connectivity index (χ1n) is 7.11. The fraction of sp³-hybridized carbons (Fsp3) is 0.929. The van der Waals surface area contributed by atoms with Crippen molar-refractivity contribution in [3.05, 3.63) is 0 Å². The maximum absolute atomic E-state index is 12.2. The van der Waals surface area contributed by atoms with Crippen LogP contribution in [0.25, 0.3) is 0 Å². The van der Waals surface area contributed by atoms with Gasteiger partial charge in [0, 0.05) is 6.54 Å². The molecule has 4 heteroatoms. The molecule has 0 aromatic rings. The quantitative estimate of drug-likeness (QED) is 0.831. The second kappa shape index (κ2) is 6.25. The molecule has 0 saturated heterocycles. The van der Waals surface area contributed by atoms with Gasteiger partial charge in [-0.25, -0.2) is 0 Å². The maximum Gasteiger partial charge on any atom is 0.240 e. The van der Waals surface area contributed by atoms with Crippen LogP contribution in [0.5, 0.6) is 0 Å². The van der Waals surface area contributed by atoms with Crippen molar-refractivity contribution in [1.82, 2.24) is 5.32 Å². The molecular weight excluding hydrogens is 248 g/mol. The largest absolute Gasteiger partial charge is 0.354 e. The number of nitrogens with one attached hydrogen (secondary N) is 1. The first kappa shape index (κ1) is 15.8. The summed E-state index contributed by atoms with van der Waals surface area (Å²) in [6.07, 6.45) is 10.2. The number of hydrogen-bond acceptors (Lipinski definition) is 2. The Morgan fingerprint density at radius 2 is 1.56 bits per heavy atom. The van der Waals surface area contributed by atoms with E-state index in [4.69, 9.17) is 5.73 Å². The van der Waals surface area contributed by atoms with Gasteiger partial charge in [-0.1, -0.05) is 39.0 Å². The Bertz CT molecular complexity index is 282. The molecule has 106 valence electrons. The van der Waals surface area contributed by atoms with Crippen molar-refractivity contribution >= 4 is 18.3 Å². The lowest BCUT2D eigenvalue weighted by Crippen LogP contribution is -2.56. The summed E-state index contributed by atoms with van der Waals surface area (Å²) >= 11 is 0. The summed E-state index contributed by atoms with van der Waals surface area (Å²) in [5, 5.41) is 3.11. The van der Waals surface area contributed by atoms with Gasteiger partial charge in [0.1, 0.15) is 0 Å². The van der Waals surface area contributed by atoms with Gasteiger partial charge in [0.05, 0.1) is 5.54 Å². The van der Waals surface area contributed by atoms with Crippen molar-refractivity contribution in [3.8, 4) is 0 Å². The summed E-state index contributed by atoms with van der Waals surface area (Å²) in [6.45, 7) is 3.09. The zero-order valence-corrected chi connectivity index (χ0v) is 12.3. The lowest BCUT2D eigenvalue weighted by atomic mass is 9.81. The molecule has 0 heterocycles. The molecule has 0 unspecified atom stereocenters. The van der Waals surface area contributed by atoms with Crippen LogP contribution in [0.3, 0.4) is 0 Å². The van der Waals surface area contributed by atoms with E-state index in [9.17, 15) is 4.79 Å². The molecule has 1 amide bonds.